The Morgan fingerprint density at radius 2 is 1.90 bits per heavy atom. The highest BCUT2D eigenvalue weighted by Crippen LogP contribution is 2.28. The Labute approximate surface area is 189 Å². The van der Waals surface area contributed by atoms with Gasteiger partial charge in [0.1, 0.15) is 17.6 Å². The minimum absolute atomic E-state index is 0.169. The van der Waals surface area contributed by atoms with Crippen molar-refractivity contribution >= 4 is 39.3 Å². The van der Waals surface area contributed by atoms with Crippen molar-refractivity contribution in [3.8, 4) is 5.75 Å². The van der Waals surface area contributed by atoms with Crippen molar-refractivity contribution in [1.29, 1.82) is 0 Å². The molecule has 0 heterocycles. The molecule has 0 bridgehead atoms. The van der Waals surface area contributed by atoms with Gasteiger partial charge in [-0.1, -0.05) is 37.6 Å². The molecule has 2 aromatic carbocycles. The maximum Gasteiger partial charge on any atom is 0.261 e. The first-order chi connectivity index (χ1) is 14.3. The van der Waals surface area contributed by atoms with Crippen LogP contribution in [0.2, 0.25) is 5.02 Å². The number of ether oxygens (including phenoxy) is 1. The van der Waals surface area contributed by atoms with E-state index in [1.54, 1.807) is 30.3 Å². The fourth-order valence-electron chi connectivity index (χ4n) is 2.89. The lowest BCUT2D eigenvalue weighted by molar-refractivity contribution is -0.143. The zero-order chi connectivity index (χ0) is 22.1. The van der Waals surface area contributed by atoms with Crippen molar-refractivity contribution in [1.82, 2.24) is 10.2 Å². The summed E-state index contributed by atoms with van der Waals surface area (Å²) < 4.78 is 19.6. The molecule has 1 N–H and O–H groups in total. The average molecular weight is 500 g/mol. The van der Waals surface area contributed by atoms with Crippen LogP contribution in [0.5, 0.6) is 5.75 Å². The molecular formula is C22H25BrClFN2O3. The molecule has 1 atom stereocenters. The van der Waals surface area contributed by atoms with Crippen LogP contribution >= 0.6 is 27.5 Å². The van der Waals surface area contributed by atoms with Crippen molar-refractivity contribution in [2.45, 2.75) is 39.3 Å². The molecule has 8 heteroatoms. The molecule has 162 valence electrons. The van der Waals surface area contributed by atoms with E-state index in [2.05, 4.69) is 21.2 Å². The first-order valence-electron chi connectivity index (χ1n) is 9.75. The average Bonchev–Trinajstić information content (AvgIpc) is 2.72. The predicted octanol–water partition coefficient (Wildman–Crippen LogP) is 4.95. The lowest BCUT2D eigenvalue weighted by atomic mass is 10.1. The summed E-state index contributed by atoms with van der Waals surface area (Å²) in [5.74, 6) is -0.458. The number of carbonyl (C=O) groups is 2. The van der Waals surface area contributed by atoms with Crippen LogP contribution < -0.4 is 10.1 Å². The predicted molar refractivity (Wildman–Crippen MR) is 119 cm³/mol. The first kappa shape index (κ1) is 24.2. The third-order valence-corrected chi connectivity index (χ3v) is 5.30. The van der Waals surface area contributed by atoms with E-state index in [4.69, 9.17) is 16.3 Å². The number of carbonyl (C=O) groups excluding carboxylic acids is 2. The van der Waals surface area contributed by atoms with Crippen molar-refractivity contribution in [3.63, 3.8) is 0 Å². The minimum Gasteiger partial charge on any atom is -0.483 e. The third kappa shape index (κ3) is 6.99. The van der Waals surface area contributed by atoms with Crippen LogP contribution in [0.1, 0.15) is 32.3 Å². The molecular weight excluding hydrogens is 475 g/mol. The van der Waals surface area contributed by atoms with Gasteiger partial charge in [0.25, 0.3) is 5.91 Å². The van der Waals surface area contributed by atoms with Gasteiger partial charge in [-0.2, -0.15) is 0 Å². The van der Waals surface area contributed by atoms with Gasteiger partial charge in [0.15, 0.2) is 6.61 Å². The highest BCUT2D eigenvalue weighted by atomic mass is 79.9. The molecule has 2 aromatic rings. The molecule has 0 aliphatic heterocycles. The van der Waals surface area contributed by atoms with Crippen LogP contribution in [0.3, 0.4) is 0 Å². The van der Waals surface area contributed by atoms with Gasteiger partial charge in [-0.05, 0) is 64.7 Å². The Morgan fingerprint density at radius 3 is 2.50 bits per heavy atom. The van der Waals surface area contributed by atoms with Gasteiger partial charge >= 0.3 is 0 Å². The van der Waals surface area contributed by atoms with E-state index >= 15 is 0 Å². The monoisotopic (exact) mass is 498 g/mol. The van der Waals surface area contributed by atoms with Crippen LogP contribution in [0.15, 0.2) is 46.9 Å². The lowest BCUT2D eigenvalue weighted by Crippen LogP contribution is -2.50. The van der Waals surface area contributed by atoms with E-state index in [0.717, 1.165) is 12.0 Å². The topological polar surface area (TPSA) is 58.6 Å². The molecule has 0 saturated heterocycles. The Balaban J connectivity index is 2.20. The second-order valence-electron chi connectivity index (χ2n) is 6.73. The normalized spacial score (nSPS) is 11.6. The van der Waals surface area contributed by atoms with Gasteiger partial charge in [0, 0.05) is 18.1 Å². The molecule has 0 unspecified atom stereocenters. The van der Waals surface area contributed by atoms with Crippen LogP contribution in [-0.4, -0.2) is 35.9 Å². The number of nitrogens with one attached hydrogen (secondary N) is 1. The number of hydrogen-bond acceptors (Lipinski definition) is 3. The van der Waals surface area contributed by atoms with Crippen molar-refractivity contribution in [2.75, 3.05) is 13.2 Å². The molecule has 2 amide bonds. The van der Waals surface area contributed by atoms with Crippen LogP contribution in [0.25, 0.3) is 0 Å². The van der Waals surface area contributed by atoms with E-state index in [1.807, 2.05) is 13.8 Å². The fraction of sp³-hybridized carbons (Fsp3) is 0.364. The van der Waals surface area contributed by atoms with Gasteiger partial charge in [0.05, 0.1) is 4.47 Å². The summed E-state index contributed by atoms with van der Waals surface area (Å²) in [6, 6.07) is 10.2. The zero-order valence-electron chi connectivity index (χ0n) is 17.0. The van der Waals surface area contributed by atoms with E-state index in [-0.39, 0.29) is 30.8 Å². The molecule has 0 saturated carbocycles. The second-order valence-corrected chi connectivity index (χ2v) is 8.02. The highest BCUT2D eigenvalue weighted by molar-refractivity contribution is 9.10. The molecule has 0 fully saturated rings. The zero-order valence-corrected chi connectivity index (χ0v) is 19.3. The maximum absolute atomic E-state index is 13.3. The molecule has 0 radical (unpaired) electrons. The smallest absolute Gasteiger partial charge is 0.261 e. The summed E-state index contributed by atoms with van der Waals surface area (Å²) in [5.41, 5.74) is 0.721. The molecule has 30 heavy (non-hydrogen) atoms. The molecule has 2 rings (SSSR count). The van der Waals surface area contributed by atoms with E-state index in [1.165, 1.54) is 17.0 Å². The van der Waals surface area contributed by atoms with Gasteiger partial charge in [-0.25, -0.2) is 4.39 Å². The Hall–Kier alpha value is -2.12. The number of nitrogens with zero attached hydrogens (tertiary/aromatic N) is 1. The number of halogens is 3. The number of rotatable bonds is 10. The molecule has 0 aromatic heterocycles. The van der Waals surface area contributed by atoms with Crippen molar-refractivity contribution in [3.05, 3.63) is 63.3 Å². The van der Waals surface area contributed by atoms with Gasteiger partial charge in [0.2, 0.25) is 5.91 Å². The summed E-state index contributed by atoms with van der Waals surface area (Å²) in [6.07, 6.45) is 1.23. The summed E-state index contributed by atoms with van der Waals surface area (Å²) in [4.78, 5) is 27.2. The van der Waals surface area contributed by atoms with Crippen LogP contribution in [0, 0.1) is 5.82 Å². The molecule has 0 aliphatic rings. The van der Waals surface area contributed by atoms with Gasteiger partial charge in [-0.3, -0.25) is 9.59 Å². The Morgan fingerprint density at radius 1 is 1.20 bits per heavy atom. The highest BCUT2D eigenvalue weighted by Gasteiger charge is 2.28. The van der Waals surface area contributed by atoms with Crippen LogP contribution in [0.4, 0.5) is 4.39 Å². The van der Waals surface area contributed by atoms with Gasteiger partial charge in [-0.15, -0.1) is 0 Å². The number of amides is 2. The molecule has 5 nitrogen and oxygen atoms in total. The summed E-state index contributed by atoms with van der Waals surface area (Å²) in [6.45, 7) is 4.25. The summed E-state index contributed by atoms with van der Waals surface area (Å²) in [7, 11) is 0. The SMILES string of the molecule is CCCNC(=O)[C@@H](CC)N(Cc1ccc(F)cc1)C(=O)COc1ccc(Cl)cc1Br. The number of benzene rings is 2. The quantitative estimate of drug-likeness (QED) is 0.503. The second kappa shape index (κ2) is 11.9. The minimum atomic E-state index is -0.661. The Kier molecular flexibility index (Phi) is 9.59. The summed E-state index contributed by atoms with van der Waals surface area (Å²) in [5, 5.41) is 3.39. The van der Waals surface area contributed by atoms with Crippen molar-refractivity contribution < 1.29 is 18.7 Å². The van der Waals surface area contributed by atoms with E-state index in [0.29, 0.717) is 28.2 Å². The lowest BCUT2D eigenvalue weighted by Gasteiger charge is -2.30. The summed E-state index contributed by atoms with van der Waals surface area (Å²) >= 11 is 9.29. The molecule has 0 spiro atoms. The molecule has 0 aliphatic carbocycles. The first-order valence-corrected chi connectivity index (χ1v) is 10.9. The van der Waals surface area contributed by atoms with E-state index < -0.39 is 6.04 Å². The number of hydrogen-bond donors (Lipinski definition) is 1. The maximum atomic E-state index is 13.3. The Bertz CT molecular complexity index is 864. The standard InChI is InChI=1S/C22H25BrClFN2O3/c1-3-11-26-22(29)19(4-2)27(13-15-5-8-17(25)9-6-15)21(28)14-30-20-10-7-16(24)12-18(20)23/h5-10,12,19H,3-4,11,13-14H2,1-2H3,(H,26,29)/t19-/m1/s1. The van der Waals surface area contributed by atoms with E-state index in [9.17, 15) is 14.0 Å². The van der Waals surface area contributed by atoms with Crippen LogP contribution in [-0.2, 0) is 16.1 Å². The largest absolute Gasteiger partial charge is 0.483 e. The fourth-order valence-corrected chi connectivity index (χ4v) is 3.68. The van der Waals surface area contributed by atoms with Crippen molar-refractivity contribution in [2.24, 2.45) is 0 Å². The van der Waals surface area contributed by atoms with Gasteiger partial charge < -0.3 is 15.0 Å². The third-order valence-electron chi connectivity index (χ3n) is 4.45.